The topological polar surface area (TPSA) is 59.1 Å². The lowest BCUT2D eigenvalue weighted by atomic mass is 10.2. The van der Waals surface area contributed by atoms with E-state index in [-0.39, 0.29) is 26.1 Å². The molecule has 28 heavy (non-hydrogen) atoms. The number of likely N-dealkylation sites (N-methyl/N-ethyl adjacent to an activating group) is 1. The van der Waals surface area contributed by atoms with Crippen LogP contribution in [0.5, 0.6) is 0 Å². The highest BCUT2D eigenvalue weighted by Crippen LogP contribution is 2.27. The first-order chi connectivity index (χ1) is 13.0. The molecule has 8 heteroatoms. The summed E-state index contributed by atoms with van der Waals surface area (Å²) in [6.45, 7) is 4.83. The van der Waals surface area contributed by atoms with Gasteiger partial charge in [-0.25, -0.2) is 18.4 Å². The summed E-state index contributed by atoms with van der Waals surface area (Å²) in [5.41, 5.74) is 0.0482. The first-order valence-corrected chi connectivity index (χ1v) is 9.23. The number of ether oxygens (including phenoxy) is 2. The molecule has 1 fully saturated rings. The Morgan fingerprint density at radius 3 is 2.43 bits per heavy atom. The number of esters is 1. The van der Waals surface area contributed by atoms with Gasteiger partial charge in [0.2, 0.25) is 0 Å². The van der Waals surface area contributed by atoms with E-state index in [0.29, 0.717) is 0 Å². The summed E-state index contributed by atoms with van der Waals surface area (Å²) in [6.07, 6.45) is -0.977. The largest absolute Gasteiger partial charge is 0.459 e. The molecule has 0 aromatic heterocycles. The van der Waals surface area contributed by atoms with Crippen molar-refractivity contribution in [2.45, 2.75) is 51.4 Å². The second-order valence-corrected chi connectivity index (χ2v) is 8.04. The van der Waals surface area contributed by atoms with Crippen LogP contribution in [0.2, 0.25) is 0 Å². The van der Waals surface area contributed by atoms with Crippen LogP contribution in [-0.2, 0) is 20.9 Å². The number of nitrogens with zero attached hydrogens (tertiary/aromatic N) is 2. The Hall–Kier alpha value is -2.22. The van der Waals surface area contributed by atoms with Crippen molar-refractivity contribution in [2.75, 3.05) is 26.7 Å². The number of alkyl halides is 2. The van der Waals surface area contributed by atoms with E-state index in [4.69, 9.17) is 9.47 Å². The smallest absolute Gasteiger partial charge is 0.410 e. The van der Waals surface area contributed by atoms with E-state index in [1.54, 1.807) is 32.9 Å². The Bertz CT molecular complexity index is 677. The molecular weight excluding hydrogens is 370 g/mol. The predicted molar refractivity (Wildman–Crippen MR) is 100 cm³/mol. The van der Waals surface area contributed by atoms with Crippen LogP contribution in [0.1, 0.15) is 32.8 Å². The highest BCUT2D eigenvalue weighted by molar-refractivity contribution is 5.81. The number of benzene rings is 1. The summed E-state index contributed by atoms with van der Waals surface area (Å²) in [5.74, 6) is -3.45. The van der Waals surface area contributed by atoms with Gasteiger partial charge in [-0.3, -0.25) is 9.80 Å². The summed E-state index contributed by atoms with van der Waals surface area (Å²) in [5, 5.41) is 0. The minimum atomic E-state index is -2.79. The van der Waals surface area contributed by atoms with E-state index in [1.807, 2.05) is 18.2 Å². The zero-order chi connectivity index (χ0) is 20.9. The zero-order valence-electron chi connectivity index (χ0n) is 16.8. The lowest BCUT2D eigenvalue weighted by Gasteiger charge is -2.31. The van der Waals surface area contributed by atoms with Crippen LogP contribution in [0.3, 0.4) is 0 Å². The van der Waals surface area contributed by atoms with Crippen LogP contribution in [0.25, 0.3) is 0 Å². The lowest BCUT2D eigenvalue weighted by molar-refractivity contribution is -0.151. The Labute approximate surface area is 164 Å². The molecule has 1 saturated heterocycles. The molecule has 1 unspecified atom stereocenters. The van der Waals surface area contributed by atoms with E-state index in [9.17, 15) is 18.4 Å². The second kappa shape index (κ2) is 8.86. The molecule has 1 heterocycles. The maximum Gasteiger partial charge on any atom is 0.410 e. The molecule has 1 aromatic rings. The van der Waals surface area contributed by atoms with Gasteiger partial charge in [-0.15, -0.1) is 0 Å². The molecule has 1 atom stereocenters. The fraction of sp³-hybridized carbons (Fsp3) is 0.600. The van der Waals surface area contributed by atoms with Gasteiger partial charge in [0, 0.05) is 26.6 Å². The van der Waals surface area contributed by atoms with Gasteiger partial charge >= 0.3 is 12.1 Å². The highest BCUT2D eigenvalue weighted by Gasteiger charge is 2.41. The quantitative estimate of drug-likeness (QED) is 0.688. The number of halogens is 2. The molecule has 0 bridgehead atoms. The fourth-order valence-electron chi connectivity index (χ4n) is 2.85. The minimum absolute atomic E-state index is 0.0362. The zero-order valence-corrected chi connectivity index (χ0v) is 16.8. The average molecular weight is 398 g/mol. The standard InChI is InChI=1S/C20H28F2N2O4/c1-19(2,3)28-18(26)23(4)16(12-24-11-10-20(21,22)14-24)17(25)27-13-15-8-6-5-7-9-15/h5-9,16H,10-14H2,1-4H3. The predicted octanol–water partition coefficient (Wildman–Crippen LogP) is 3.31. The van der Waals surface area contributed by atoms with E-state index < -0.39 is 36.2 Å². The molecule has 156 valence electrons. The summed E-state index contributed by atoms with van der Waals surface area (Å²) < 4.78 is 37.7. The third kappa shape index (κ3) is 6.74. The minimum Gasteiger partial charge on any atom is -0.459 e. The Balaban J connectivity index is 2.08. The summed E-state index contributed by atoms with van der Waals surface area (Å²) >= 11 is 0. The monoisotopic (exact) mass is 398 g/mol. The van der Waals surface area contributed by atoms with Crippen molar-refractivity contribution >= 4 is 12.1 Å². The number of likely N-dealkylation sites (tertiary alicyclic amines) is 1. The fourth-order valence-corrected chi connectivity index (χ4v) is 2.85. The van der Waals surface area contributed by atoms with Crippen molar-refractivity contribution in [1.29, 1.82) is 0 Å². The van der Waals surface area contributed by atoms with Gasteiger partial charge in [-0.1, -0.05) is 30.3 Å². The van der Waals surface area contributed by atoms with Crippen molar-refractivity contribution in [3.8, 4) is 0 Å². The van der Waals surface area contributed by atoms with Crippen LogP contribution < -0.4 is 0 Å². The molecule has 6 nitrogen and oxygen atoms in total. The maximum atomic E-state index is 13.5. The summed E-state index contributed by atoms with van der Waals surface area (Å²) in [4.78, 5) is 27.7. The van der Waals surface area contributed by atoms with Gasteiger partial charge in [0.15, 0.2) is 0 Å². The normalized spacial score (nSPS) is 17.8. The van der Waals surface area contributed by atoms with Crippen LogP contribution in [-0.4, -0.2) is 66.1 Å². The van der Waals surface area contributed by atoms with Crippen molar-refractivity contribution in [2.24, 2.45) is 0 Å². The van der Waals surface area contributed by atoms with Crippen LogP contribution in [0, 0.1) is 0 Å². The summed E-state index contributed by atoms with van der Waals surface area (Å²) in [6, 6.07) is 8.05. The van der Waals surface area contributed by atoms with E-state index in [0.717, 1.165) is 10.5 Å². The number of hydrogen-bond acceptors (Lipinski definition) is 5. The van der Waals surface area contributed by atoms with Gasteiger partial charge in [-0.2, -0.15) is 0 Å². The second-order valence-electron chi connectivity index (χ2n) is 8.04. The van der Waals surface area contributed by atoms with Gasteiger partial charge in [-0.05, 0) is 26.3 Å². The van der Waals surface area contributed by atoms with Gasteiger partial charge < -0.3 is 9.47 Å². The lowest BCUT2D eigenvalue weighted by Crippen LogP contribution is -2.51. The van der Waals surface area contributed by atoms with Crippen molar-refractivity contribution in [3.63, 3.8) is 0 Å². The number of carbonyl (C=O) groups is 2. The molecule has 0 radical (unpaired) electrons. The maximum absolute atomic E-state index is 13.5. The van der Waals surface area contributed by atoms with Gasteiger partial charge in [0.05, 0.1) is 6.54 Å². The molecule has 0 N–H and O–H groups in total. The van der Waals surface area contributed by atoms with E-state index in [1.165, 1.54) is 11.9 Å². The highest BCUT2D eigenvalue weighted by atomic mass is 19.3. The first-order valence-electron chi connectivity index (χ1n) is 9.23. The van der Waals surface area contributed by atoms with Crippen molar-refractivity contribution in [1.82, 2.24) is 9.80 Å². The average Bonchev–Trinajstić information content (AvgIpc) is 2.95. The molecule has 1 amide bonds. The third-order valence-electron chi connectivity index (χ3n) is 4.32. The number of amides is 1. The van der Waals surface area contributed by atoms with Crippen molar-refractivity contribution in [3.05, 3.63) is 35.9 Å². The molecular formula is C20H28F2N2O4. The van der Waals surface area contributed by atoms with Crippen LogP contribution in [0.15, 0.2) is 30.3 Å². The van der Waals surface area contributed by atoms with E-state index >= 15 is 0 Å². The van der Waals surface area contributed by atoms with Gasteiger partial charge in [0.1, 0.15) is 18.2 Å². The number of hydrogen-bond donors (Lipinski definition) is 0. The van der Waals surface area contributed by atoms with Crippen LogP contribution in [0.4, 0.5) is 13.6 Å². The molecule has 0 spiro atoms. The van der Waals surface area contributed by atoms with Gasteiger partial charge in [0.25, 0.3) is 5.92 Å². The first kappa shape index (κ1) is 22.1. The van der Waals surface area contributed by atoms with Crippen molar-refractivity contribution < 1.29 is 27.8 Å². The molecule has 1 aliphatic heterocycles. The Kier molecular flexibility index (Phi) is 6.98. The molecule has 1 aliphatic rings. The third-order valence-corrected chi connectivity index (χ3v) is 4.32. The number of carbonyl (C=O) groups excluding carboxylic acids is 2. The molecule has 1 aromatic carbocycles. The molecule has 0 aliphatic carbocycles. The molecule has 0 saturated carbocycles. The summed E-state index contributed by atoms with van der Waals surface area (Å²) in [7, 11) is 1.41. The van der Waals surface area contributed by atoms with Crippen LogP contribution >= 0.6 is 0 Å². The Morgan fingerprint density at radius 2 is 1.89 bits per heavy atom. The van der Waals surface area contributed by atoms with E-state index in [2.05, 4.69) is 0 Å². The SMILES string of the molecule is CN(C(=O)OC(C)(C)C)C(CN1CCC(F)(F)C1)C(=O)OCc1ccccc1. The Morgan fingerprint density at radius 1 is 1.25 bits per heavy atom. The molecule has 2 rings (SSSR count). The number of rotatable bonds is 6.